The molecule has 0 atom stereocenters. The molecule has 6 heteroatoms. The number of aromatic amines is 1. The number of hydrogen-bond acceptors (Lipinski definition) is 4. The molecule has 0 saturated carbocycles. The molecule has 0 aliphatic heterocycles. The number of fused-ring (bicyclic) bond motifs is 1. The van der Waals surface area contributed by atoms with Crippen LogP contribution in [0.2, 0.25) is 0 Å². The third-order valence-corrected chi connectivity index (χ3v) is 2.11. The summed E-state index contributed by atoms with van der Waals surface area (Å²) in [7, 11) is 1.40. The number of ether oxygens (including phenoxy) is 1. The second-order valence-electron chi connectivity index (χ2n) is 3.09. The first-order chi connectivity index (χ1) is 7.13. The minimum Gasteiger partial charge on any atom is -0.490 e. The SMILES string of the molecule is COc1ccc2[nH]c(C)nc2c1[N+](=O)[O-]. The molecule has 0 aliphatic carbocycles. The number of aromatic nitrogens is 2. The van der Waals surface area contributed by atoms with Crippen molar-refractivity contribution in [1.29, 1.82) is 0 Å². The van der Waals surface area contributed by atoms with Crippen LogP contribution in [-0.4, -0.2) is 22.0 Å². The number of nitrogens with zero attached hydrogens (tertiary/aromatic N) is 2. The summed E-state index contributed by atoms with van der Waals surface area (Å²) >= 11 is 0. The highest BCUT2D eigenvalue weighted by Gasteiger charge is 2.21. The zero-order valence-electron chi connectivity index (χ0n) is 8.27. The summed E-state index contributed by atoms with van der Waals surface area (Å²) in [4.78, 5) is 17.4. The van der Waals surface area contributed by atoms with Crippen molar-refractivity contribution in [2.75, 3.05) is 7.11 Å². The van der Waals surface area contributed by atoms with E-state index >= 15 is 0 Å². The summed E-state index contributed by atoms with van der Waals surface area (Å²) in [5, 5.41) is 10.9. The van der Waals surface area contributed by atoms with Gasteiger partial charge in [-0.2, -0.15) is 0 Å². The van der Waals surface area contributed by atoms with Crippen LogP contribution in [0.1, 0.15) is 5.82 Å². The van der Waals surface area contributed by atoms with Crippen molar-refractivity contribution in [1.82, 2.24) is 9.97 Å². The van der Waals surface area contributed by atoms with E-state index in [1.807, 2.05) is 0 Å². The summed E-state index contributed by atoms with van der Waals surface area (Å²) in [5.41, 5.74) is 0.871. The van der Waals surface area contributed by atoms with Crippen LogP contribution in [0.25, 0.3) is 11.0 Å². The molecule has 0 bridgehead atoms. The zero-order chi connectivity index (χ0) is 11.0. The Morgan fingerprint density at radius 2 is 2.27 bits per heavy atom. The maximum atomic E-state index is 10.9. The van der Waals surface area contributed by atoms with Crippen LogP contribution in [0.4, 0.5) is 5.69 Å². The molecule has 0 radical (unpaired) electrons. The number of aryl methyl sites for hydroxylation is 1. The van der Waals surface area contributed by atoms with E-state index < -0.39 is 4.92 Å². The fraction of sp³-hybridized carbons (Fsp3) is 0.222. The van der Waals surface area contributed by atoms with E-state index in [0.717, 1.165) is 0 Å². The monoisotopic (exact) mass is 207 g/mol. The van der Waals surface area contributed by atoms with Gasteiger partial charge < -0.3 is 9.72 Å². The van der Waals surface area contributed by atoms with Crippen LogP contribution in [0.3, 0.4) is 0 Å². The quantitative estimate of drug-likeness (QED) is 0.601. The maximum absolute atomic E-state index is 10.9. The Bertz CT molecular complexity index is 533. The lowest BCUT2D eigenvalue weighted by molar-refractivity contribution is -0.384. The van der Waals surface area contributed by atoms with E-state index in [1.165, 1.54) is 7.11 Å². The molecule has 2 aromatic rings. The molecule has 6 nitrogen and oxygen atoms in total. The highest BCUT2D eigenvalue weighted by atomic mass is 16.6. The van der Waals surface area contributed by atoms with Crippen LogP contribution in [0.5, 0.6) is 5.75 Å². The van der Waals surface area contributed by atoms with Gasteiger partial charge in [-0.15, -0.1) is 0 Å². The van der Waals surface area contributed by atoms with Crippen molar-refractivity contribution in [2.24, 2.45) is 0 Å². The first-order valence-corrected chi connectivity index (χ1v) is 4.31. The number of hydrogen-bond donors (Lipinski definition) is 1. The van der Waals surface area contributed by atoms with Crippen LogP contribution in [-0.2, 0) is 0 Å². The summed E-state index contributed by atoms with van der Waals surface area (Å²) in [6, 6.07) is 3.26. The molecule has 78 valence electrons. The summed E-state index contributed by atoms with van der Waals surface area (Å²) < 4.78 is 4.93. The standard InChI is InChI=1S/C9H9N3O3/c1-5-10-6-3-4-7(15-2)9(12(13)14)8(6)11-5/h3-4H,1-2H3,(H,10,11). The summed E-state index contributed by atoms with van der Waals surface area (Å²) in [6.45, 7) is 1.75. The normalized spacial score (nSPS) is 10.5. The van der Waals surface area contributed by atoms with Gasteiger partial charge in [0.05, 0.1) is 17.5 Å². The summed E-state index contributed by atoms with van der Waals surface area (Å²) in [6.07, 6.45) is 0. The Hall–Kier alpha value is -2.11. The van der Waals surface area contributed by atoms with Crippen molar-refractivity contribution in [3.8, 4) is 5.75 Å². The first-order valence-electron chi connectivity index (χ1n) is 4.31. The van der Waals surface area contributed by atoms with Crippen LogP contribution in [0.15, 0.2) is 12.1 Å². The van der Waals surface area contributed by atoms with Gasteiger partial charge in [0, 0.05) is 0 Å². The highest BCUT2D eigenvalue weighted by Crippen LogP contribution is 2.33. The lowest BCUT2D eigenvalue weighted by Gasteiger charge is -2.00. The van der Waals surface area contributed by atoms with Crippen molar-refractivity contribution in [3.05, 3.63) is 28.1 Å². The van der Waals surface area contributed by atoms with Crippen LogP contribution < -0.4 is 4.74 Å². The van der Waals surface area contributed by atoms with E-state index in [9.17, 15) is 10.1 Å². The van der Waals surface area contributed by atoms with Crippen LogP contribution >= 0.6 is 0 Å². The Labute approximate surface area is 85.0 Å². The minimum atomic E-state index is -0.485. The van der Waals surface area contributed by atoms with E-state index in [-0.39, 0.29) is 11.4 Å². The van der Waals surface area contributed by atoms with Gasteiger partial charge in [-0.3, -0.25) is 10.1 Å². The molecular weight excluding hydrogens is 198 g/mol. The van der Waals surface area contributed by atoms with Gasteiger partial charge in [-0.25, -0.2) is 4.98 Å². The van der Waals surface area contributed by atoms with E-state index in [2.05, 4.69) is 9.97 Å². The Morgan fingerprint density at radius 1 is 1.53 bits per heavy atom. The third kappa shape index (κ3) is 1.39. The topological polar surface area (TPSA) is 81.0 Å². The van der Waals surface area contributed by atoms with Gasteiger partial charge >= 0.3 is 5.69 Å². The Kier molecular flexibility index (Phi) is 2.03. The second-order valence-corrected chi connectivity index (χ2v) is 3.09. The van der Waals surface area contributed by atoms with Crippen molar-refractivity contribution >= 4 is 16.7 Å². The van der Waals surface area contributed by atoms with Gasteiger partial charge in [-0.1, -0.05) is 0 Å². The molecule has 0 fully saturated rings. The van der Waals surface area contributed by atoms with Gasteiger partial charge in [0.25, 0.3) is 0 Å². The number of H-pyrrole nitrogens is 1. The molecule has 1 aromatic heterocycles. The number of nitro benzene ring substituents is 1. The van der Waals surface area contributed by atoms with Gasteiger partial charge in [0.1, 0.15) is 5.82 Å². The van der Waals surface area contributed by atoms with Gasteiger partial charge in [0.2, 0.25) is 0 Å². The van der Waals surface area contributed by atoms with E-state index in [0.29, 0.717) is 16.9 Å². The number of nitro groups is 1. The average molecular weight is 207 g/mol. The molecule has 0 unspecified atom stereocenters. The lowest BCUT2D eigenvalue weighted by Crippen LogP contribution is -1.94. The summed E-state index contributed by atoms with van der Waals surface area (Å²) in [5.74, 6) is 0.861. The molecule has 0 saturated heterocycles. The predicted octanol–water partition coefficient (Wildman–Crippen LogP) is 1.79. The predicted molar refractivity (Wildman–Crippen MR) is 54.0 cm³/mol. The molecule has 1 heterocycles. The van der Waals surface area contributed by atoms with Crippen molar-refractivity contribution in [2.45, 2.75) is 6.92 Å². The molecule has 0 spiro atoms. The molecular formula is C9H9N3O3. The molecule has 0 amide bonds. The fourth-order valence-electron chi connectivity index (χ4n) is 1.51. The number of methoxy groups -OCH3 is 1. The largest absolute Gasteiger partial charge is 0.490 e. The zero-order valence-corrected chi connectivity index (χ0v) is 8.27. The molecule has 1 N–H and O–H groups in total. The molecule has 1 aromatic carbocycles. The highest BCUT2D eigenvalue weighted by molar-refractivity contribution is 5.88. The van der Waals surface area contributed by atoms with E-state index in [1.54, 1.807) is 19.1 Å². The number of imidazole rings is 1. The third-order valence-electron chi connectivity index (χ3n) is 2.11. The first kappa shape index (κ1) is 9.45. The van der Waals surface area contributed by atoms with Crippen molar-refractivity contribution < 1.29 is 9.66 Å². The number of nitrogens with one attached hydrogen (secondary N) is 1. The molecule has 2 rings (SSSR count). The maximum Gasteiger partial charge on any atom is 0.338 e. The van der Waals surface area contributed by atoms with Gasteiger partial charge in [0.15, 0.2) is 11.3 Å². The average Bonchev–Trinajstić information content (AvgIpc) is 2.55. The minimum absolute atomic E-state index is 0.0978. The molecule has 0 aliphatic rings. The van der Waals surface area contributed by atoms with E-state index in [4.69, 9.17) is 4.74 Å². The molecule has 15 heavy (non-hydrogen) atoms. The Balaban J connectivity index is 2.83. The fourth-order valence-corrected chi connectivity index (χ4v) is 1.51. The number of benzene rings is 1. The van der Waals surface area contributed by atoms with Crippen LogP contribution in [0, 0.1) is 17.0 Å². The van der Waals surface area contributed by atoms with Gasteiger partial charge in [-0.05, 0) is 19.1 Å². The Morgan fingerprint density at radius 3 is 2.87 bits per heavy atom. The second kappa shape index (κ2) is 3.23. The lowest BCUT2D eigenvalue weighted by atomic mass is 10.2. The smallest absolute Gasteiger partial charge is 0.338 e. The van der Waals surface area contributed by atoms with Crippen molar-refractivity contribution in [3.63, 3.8) is 0 Å². The number of rotatable bonds is 2.